The maximum absolute atomic E-state index is 13.2. The molecule has 1 atom stereocenters. The molecule has 3 aromatic carbocycles. The number of amides is 1. The first-order chi connectivity index (χ1) is 14.0. The van der Waals surface area contributed by atoms with Gasteiger partial charge < -0.3 is 9.84 Å². The van der Waals surface area contributed by atoms with E-state index in [4.69, 9.17) is 4.74 Å². The molecule has 1 amide bonds. The van der Waals surface area contributed by atoms with Crippen molar-refractivity contribution in [1.82, 2.24) is 0 Å². The molecule has 146 valence electrons. The number of hydrogen-bond acceptors (Lipinski definition) is 3. The van der Waals surface area contributed by atoms with E-state index in [0.717, 1.165) is 21.2 Å². The van der Waals surface area contributed by atoms with E-state index in [1.165, 1.54) is 0 Å². The Hall–Kier alpha value is -3.05. The third-order valence-corrected chi connectivity index (χ3v) is 5.58. The summed E-state index contributed by atoms with van der Waals surface area (Å²) in [6.45, 7) is 2.01. The van der Waals surface area contributed by atoms with Crippen LogP contribution in [0.4, 0.5) is 5.69 Å². The average molecular weight is 450 g/mol. The lowest BCUT2D eigenvalue weighted by molar-refractivity contribution is -0.117. The topological polar surface area (TPSA) is 49.8 Å². The van der Waals surface area contributed by atoms with Crippen LogP contribution in [0.25, 0.3) is 5.57 Å². The van der Waals surface area contributed by atoms with Gasteiger partial charge in [0.25, 0.3) is 5.91 Å². The number of benzene rings is 3. The lowest BCUT2D eigenvalue weighted by Crippen LogP contribution is -2.30. The number of ether oxygens (including phenoxy) is 1. The van der Waals surface area contributed by atoms with Crippen LogP contribution in [-0.2, 0) is 4.79 Å². The number of halogens is 1. The van der Waals surface area contributed by atoms with Crippen LogP contribution >= 0.6 is 15.9 Å². The Labute approximate surface area is 178 Å². The Kier molecular flexibility index (Phi) is 5.16. The van der Waals surface area contributed by atoms with Gasteiger partial charge in [0.15, 0.2) is 5.76 Å². The number of methoxy groups -OCH3 is 1. The van der Waals surface area contributed by atoms with Gasteiger partial charge in [0, 0.05) is 15.7 Å². The molecule has 0 aromatic heterocycles. The predicted molar refractivity (Wildman–Crippen MR) is 118 cm³/mol. The summed E-state index contributed by atoms with van der Waals surface area (Å²) in [5.41, 5.74) is 4.13. The predicted octanol–water partition coefficient (Wildman–Crippen LogP) is 5.82. The van der Waals surface area contributed by atoms with Crippen LogP contribution in [0.1, 0.15) is 22.7 Å². The summed E-state index contributed by atoms with van der Waals surface area (Å²) in [5.74, 6) is 0.0562. The van der Waals surface area contributed by atoms with E-state index >= 15 is 0 Å². The van der Waals surface area contributed by atoms with E-state index in [0.29, 0.717) is 17.0 Å². The summed E-state index contributed by atoms with van der Waals surface area (Å²) in [5, 5.41) is 10.9. The van der Waals surface area contributed by atoms with Gasteiger partial charge in [0.2, 0.25) is 0 Å². The Balaban J connectivity index is 1.89. The molecule has 3 aromatic rings. The number of anilines is 1. The van der Waals surface area contributed by atoms with Gasteiger partial charge in [-0.25, -0.2) is 0 Å². The summed E-state index contributed by atoms with van der Waals surface area (Å²) < 4.78 is 6.15. The Morgan fingerprint density at radius 2 is 1.69 bits per heavy atom. The minimum Gasteiger partial charge on any atom is -0.503 e. The van der Waals surface area contributed by atoms with Crippen molar-refractivity contribution in [3.8, 4) is 5.75 Å². The first kappa shape index (κ1) is 19.3. The summed E-state index contributed by atoms with van der Waals surface area (Å²) >= 11 is 3.52. The molecule has 1 N–H and O–H groups in total. The van der Waals surface area contributed by atoms with E-state index in [-0.39, 0.29) is 5.76 Å². The van der Waals surface area contributed by atoms with Gasteiger partial charge in [-0.15, -0.1) is 0 Å². The van der Waals surface area contributed by atoms with Crippen molar-refractivity contribution in [3.05, 3.63) is 99.7 Å². The maximum Gasteiger partial charge on any atom is 0.294 e. The molecule has 29 heavy (non-hydrogen) atoms. The van der Waals surface area contributed by atoms with Gasteiger partial charge in [0.05, 0.1) is 13.2 Å². The van der Waals surface area contributed by atoms with Gasteiger partial charge in [0.1, 0.15) is 5.75 Å². The second-order valence-corrected chi connectivity index (χ2v) is 7.87. The first-order valence-corrected chi connectivity index (χ1v) is 10.0. The number of aliphatic hydroxyl groups excluding tert-OH is 1. The standard InChI is InChI=1S/C24H20BrNO3/c1-15-6-8-16(9-7-15)21-22(17-4-3-5-18(25)14-17)26(24(28)23(21)27)19-10-12-20(29-2)13-11-19/h3-14,22,27H,1-2H3. The van der Waals surface area contributed by atoms with Crippen LogP contribution in [0.5, 0.6) is 5.75 Å². The molecule has 0 saturated heterocycles. The van der Waals surface area contributed by atoms with Crippen LogP contribution in [0.15, 0.2) is 83.0 Å². The van der Waals surface area contributed by atoms with E-state index in [1.807, 2.05) is 79.7 Å². The first-order valence-electron chi connectivity index (χ1n) is 9.23. The molecule has 0 spiro atoms. The molecule has 4 nitrogen and oxygen atoms in total. The number of carbonyl (C=O) groups is 1. The number of aliphatic hydroxyl groups is 1. The Morgan fingerprint density at radius 1 is 1.00 bits per heavy atom. The average Bonchev–Trinajstić information content (AvgIpc) is 3.00. The summed E-state index contributed by atoms with van der Waals surface area (Å²) in [6.07, 6.45) is 0. The van der Waals surface area contributed by atoms with E-state index in [1.54, 1.807) is 12.0 Å². The molecule has 1 aliphatic heterocycles. The Morgan fingerprint density at radius 3 is 2.31 bits per heavy atom. The quantitative estimate of drug-likeness (QED) is 0.545. The lowest BCUT2D eigenvalue weighted by Gasteiger charge is -2.27. The molecule has 5 heteroatoms. The van der Waals surface area contributed by atoms with Crippen LogP contribution < -0.4 is 9.64 Å². The fourth-order valence-corrected chi connectivity index (χ4v) is 4.05. The van der Waals surface area contributed by atoms with Gasteiger partial charge in [-0.3, -0.25) is 9.69 Å². The zero-order valence-electron chi connectivity index (χ0n) is 16.1. The van der Waals surface area contributed by atoms with Gasteiger partial charge in [-0.05, 0) is 54.4 Å². The third-order valence-electron chi connectivity index (χ3n) is 5.09. The van der Waals surface area contributed by atoms with E-state index in [9.17, 15) is 9.90 Å². The van der Waals surface area contributed by atoms with Crippen LogP contribution in [-0.4, -0.2) is 18.1 Å². The maximum atomic E-state index is 13.2. The van der Waals surface area contributed by atoms with E-state index in [2.05, 4.69) is 15.9 Å². The molecule has 1 aliphatic rings. The molecule has 0 fully saturated rings. The molecular weight excluding hydrogens is 430 g/mol. The van der Waals surface area contributed by atoms with Crippen LogP contribution in [0.3, 0.4) is 0 Å². The molecule has 0 bridgehead atoms. The molecule has 4 rings (SSSR count). The number of nitrogens with zero attached hydrogens (tertiary/aromatic N) is 1. The van der Waals surface area contributed by atoms with Crippen molar-refractivity contribution in [2.75, 3.05) is 12.0 Å². The van der Waals surface area contributed by atoms with Gasteiger partial charge >= 0.3 is 0 Å². The second kappa shape index (κ2) is 7.76. The molecule has 1 unspecified atom stereocenters. The largest absolute Gasteiger partial charge is 0.503 e. The molecule has 0 saturated carbocycles. The number of hydrogen-bond donors (Lipinski definition) is 1. The van der Waals surface area contributed by atoms with Crippen molar-refractivity contribution in [1.29, 1.82) is 0 Å². The number of rotatable bonds is 4. The van der Waals surface area contributed by atoms with Gasteiger partial charge in [-0.2, -0.15) is 0 Å². The number of aryl methyl sites for hydroxylation is 1. The van der Waals surface area contributed by atoms with Crippen molar-refractivity contribution in [3.63, 3.8) is 0 Å². The highest BCUT2D eigenvalue weighted by atomic mass is 79.9. The highest BCUT2D eigenvalue weighted by Gasteiger charge is 2.42. The van der Waals surface area contributed by atoms with Crippen molar-refractivity contribution in [2.24, 2.45) is 0 Å². The van der Waals surface area contributed by atoms with Crippen molar-refractivity contribution in [2.45, 2.75) is 13.0 Å². The van der Waals surface area contributed by atoms with Crippen molar-refractivity contribution < 1.29 is 14.6 Å². The summed E-state index contributed by atoms with van der Waals surface area (Å²) in [4.78, 5) is 14.8. The molecule has 0 aliphatic carbocycles. The summed E-state index contributed by atoms with van der Waals surface area (Å²) in [6, 6.07) is 22.5. The third kappa shape index (κ3) is 3.54. The Bertz CT molecular complexity index is 1090. The SMILES string of the molecule is COc1ccc(N2C(=O)C(O)=C(c3ccc(C)cc3)C2c2cccc(Br)c2)cc1. The van der Waals surface area contributed by atoms with Crippen LogP contribution in [0, 0.1) is 6.92 Å². The molecular formula is C24H20BrNO3. The smallest absolute Gasteiger partial charge is 0.294 e. The number of carbonyl (C=O) groups excluding carboxylic acids is 1. The monoisotopic (exact) mass is 449 g/mol. The normalized spacial score (nSPS) is 16.4. The minimum atomic E-state index is -0.448. The summed E-state index contributed by atoms with van der Waals surface area (Å²) in [7, 11) is 1.60. The van der Waals surface area contributed by atoms with Gasteiger partial charge in [-0.1, -0.05) is 57.9 Å². The molecule has 0 radical (unpaired) electrons. The fourth-order valence-electron chi connectivity index (χ4n) is 3.63. The second-order valence-electron chi connectivity index (χ2n) is 6.96. The minimum absolute atomic E-state index is 0.227. The zero-order valence-corrected chi connectivity index (χ0v) is 17.7. The highest BCUT2D eigenvalue weighted by molar-refractivity contribution is 9.10. The zero-order chi connectivity index (χ0) is 20.5. The van der Waals surface area contributed by atoms with Crippen molar-refractivity contribution >= 4 is 33.1 Å². The van der Waals surface area contributed by atoms with Crippen LogP contribution in [0.2, 0.25) is 0 Å². The highest BCUT2D eigenvalue weighted by Crippen LogP contribution is 2.45. The molecule has 1 heterocycles. The fraction of sp³-hybridized carbons (Fsp3) is 0.125. The lowest BCUT2D eigenvalue weighted by atomic mass is 9.93. The van der Waals surface area contributed by atoms with E-state index < -0.39 is 11.9 Å².